The smallest absolute Gasteiger partial charge is 0.194 e. The van der Waals surface area contributed by atoms with Gasteiger partial charge in [0, 0.05) is 12.0 Å². The molecule has 0 aromatic heterocycles. The van der Waals surface area contributed by atoms with Crippen molar-refractivity contribution in [2.24, 2.45) is 0 Å². The molecule has 1 saturated heterocycles. The van der Waals surface area contributed by atoms with E-state index in [0.717, 1.165) is 18.4 Å². The molecule has 1 fully saturated rings. The molecule has 0 spiro atoms. The molecule has 2 rings (SSSR count). The molecular formula is C15H22O4S. The van der Waals surface area contributed by atoms with Gasteiger partial charge in [-0.15, -0.1) is 0 Å². The Kier molecular flexibility index (Phi) is 4.83. The first-order chi connectivity index (χ1) is 9.54. The molecule has 1 heterocycles. The van der Waals surface area contributed by atoms with Gasteiger partial charge in [0.05, 0.1) is 23.9 Å². The minimum Gasteiger partial charge on any atom is -0.343 e. The van der Waals surface area contributed by atoms with E-state index in [0.29, 0.717) is 24.5 Å². The Bertz CT molecular complexity index is 527. The van der Waals surface area contributed by atoms with E-state index >= 15 is 0 Å². The summed E-state index contributed by atoms with van der Waals surface area (Å²) in [7, 11) is -3.16. The van der Waals surface area contributed by atoms with Crippen molar-refractivity contribution in [2.75, 3.05) is 19.0 Å². The predicted octanol–water partition coefficient (Wildman–Crippen LogP) is 2.87. The van der Waals surface area contributed by atoms with E-state index < -0.39 is 15.6 Å². The van der Waals surface area contributed by atoms with E-state index in [4.69, 9.17) is 9.47 Å². The van der Waals surface area contributed by atoms with Gasteiger partial charge < -0.3 is 9.47 Å². The van der Waals surface area contributed by atoms with Gasteiger partial charge in [-0.25, -0.2) is 8.42 Å². The van der Waals surface area contributed by atoms with Crippen LogP contribution in [0.2, 0.25) is 0 Å². The van der Waals surface area contributed by atoms with E-state index in [9.17, 15) is 8.42 Å². The van der Waals surface area contributed by atoms with E-state index in [1.807, 2.05) is 19.1 Å². The third kappa shape index (κ3) is 3.05. The minimum atomic E-state index is -3.16. The summed E-state index contributed by atoms with van der Waals surface area (Å²) < 4.78 is 35.6. The van der Waals surface area contributed by atoms with E-state index in [-0.39, 0.29) is 5.75 Å². The van der Waals surface area contributed by atoms with Crippen molar-refractivity contribution in [1.29, 1.82) is 0 Å². The summed E-state index contributed by atoms with van der Waals surface area (Å²) in [5.74, 6) is -0.513. The maximum absolute atomic E-state index is 12.0. The highest BCUT2D eigenvalue weighted by molar-refractivity contribution is 7.91. The van der Waals surface area contributed by atoms with Crippen LogP contribution in [0.15, 0.2) is 29.2 Å². The molecule has 0 radical (unpaired) electrons. The standard InChI is InChI=1S/C15H22O4S/c1-3-9-15(18-10-11-19-15)13-5-7-14(8-6-13)20(16,17)12-4-2/h5-8H,3-4,9-12H2,1-2H3. The van der Waals surface area contributed by atoms with Crippen molar-refractivity contribution < 1.29 is 17.9 Å². The van der Waals surface area contributed by atoms with Crippen molar-refractivity contribution in [1.82, 2.24) is 0 Å². The van der Waals surface area contributed by atoms with Crippen molar-refractivity contribution in [3.8, 4) is 0 Å². The van der Waals surface area contributed by atoms with Crippen LogP contribution in [0.4, 0.5) is 0 Å². The van der Waals surface area contributed by atoms with Crippen LogP contribution < -0.4 is 0 Å². The van der Waals surface area contributed by atoms with Crippen molar-refractivity contribution in [2.45, 2.75) is 43.8 Å². The summed E-state index contributed by atoms with van der Waals surface area (Å²) in [5.41, 5.74) is 0.896. The summed E-state index contributed by atoms with van der Waals surface area (Å²) in [5, 5.41) is 0. The fraction of sp³-hybridized carbons (Fsp3) is 0.600. The third-order valence-corrected chi connectivity index (χ3v) is 5.40. The zero-order valence-corrected chi connectivity index (χ0v) is 12.9. The van der Waals surface area contributed by atoms with Crippen LogP contribution in [0.3, 0.4) is 0 Å². The van der Waals surface area contributed by atoms with Gasteiger partial charge in [-0.05, 0) is 18.6 Å². The Morgan fingerprint density at radius 2 is 1.65 bits per heavy atom. The molecule has 20 heavy (non-hydrogen) atoms. The first kappa shape index (κ1) is 15.5. The maximum atomic E-state index is 12.0. The third-order valence-electron chi connectivity index (χ3n) is 3.46. The fourth-order valence-electron chi connectivity index (χ4n) is 2.54. The van der Waals surface area contributed by atoms with Gasteiger partial charge >= 0.3 is 0 Å². The maximum Gasteiger partial charge on any atom is 0.194 e. The Morgan fingerprint density at radius 3 is 2.15 bits per heavy atom. The number of sulfone groups is 1. The Labute approximate surface area is 121 Å². The number of hydrogen-bond acceptors (Lipinski definition) is 4. The first-order valence-electron chi connectivity index (χ1n) is 7.15. The zero-order chi connectivity index (χ0) is 14.6. The highest BCUT2D eigenvalue weighted by Crippen LogP contribution is 2.36. The zero-order valence-electron chi connectivity index (χ0n) is 12.1. The molecule has 0 saturated carbocycles. The molecule has 1 aromatic carbocycles. The summed E-state index contributed by atoms with van der Waals surface area (Å²) >= 11 is 0. The summed E-state index contributed by atoms with van der Waals surface area (Å²) in [6, 6.07) is 6.93. The van der Waals surface area contributed by atoms with Gasteiger partial charge in [-0.1, -0.05) is 32.4 Å². The fourth-order valence-corrected chi connectivity index (χ4v) is 3.87. The van der Waals surface area contributed by atoms with Crippen LogP contribution in [-0.4, -0.2) is 27.4 Å². The molecular weight excluding hydrogens is 276 g/mol. The molecule has 0 unspecified atom stereocenters. The topological polar surface area (TPSA) is 52.6 Å². The van der Waals surface area contributed by atoms with Gasteiger partial charge in [0.2, 0.25) is 0 Å². The lowest BCUT2D eigenvalue weighted by molar-refractivity contribution is -0.171. The highest BCUT2D eigenvalue weighted by Gasteiger charge is 2.37. The van der Waals surface area contributed by atoms with E-state index in [1.165, 1.54) is 0 Å². The quantitative estimate of drug-likeness (QED) is 0.810. The highest BCUT2D eigenvalue weighted by atomic mass is 32.2. The second-order valence-electron chi connectivity index (χ2n) is 5.04. The molecule has 0 N–H and O–H groups in total. The van der Waals surface area contributed by atoms with Crippen LogP contribution in [-0.2, 0) is 25.1 Å². The van der Waals surface area contributed by atoms with Gasteiger partial charge in [-0.2, -0.15) is 0 Å². The molecule has 4 nitrogen and oxygen atoms in total. The monoisotopic (exact) mass is 298 g/mol. The first-order valence-corrected chi connectivity index (χ1v) is 8.80. The molecule has 0 amide bonds. The second-order valence-corrected chi connectivity index (χ2v) is 7.15. The van der Waals surface area contributed by atoms with E-state index in [1.54, 1.807) is 12.1 Å². The second kappa shape index (κ2) is 6.24. The largest absolute Gasteiger partial charge is 0.343 e. The Morgan fingerprint density at radius 1 is 1.05 bits per heavy atom. The van der Waals surface area contributed by atoms with Crippen LogP contribution in [0, 0.1) is 0 Å². The molecule has 1 aliphatic heterocycles. The Balaban J connectivity index is 2.27. The van der Waals surface area contributed by atoms with Crippen molar-refractivity contribution >= 4 is 9.84 Å². The van der Waals surface area contributed by atoms with Gasteiger partial charge in [-0.3, -0.25) is 0 Å². The number of rotatable bonds is 6. The van der Waals surface area contributed by atoms with Crippen LogP contribution in [0.25, 0.3) is 0 Å². The summed E-state index contributed by atoms with van der Waals surface area (Å²) in [4.78, 5) is 0.368. The molecule has 0 bridgehead atoms. The van der Waals surface area contributed by atoms with Crippen molar-refractivity contribution in [3.63, 3.8) is 0 Å². The van der Waals surface area contributed by atoms with E-state index in [2.05, 4.69) is 6.92 Å². The average Bonchev–Trinajstić information content (AvgIpc) is 2.89. The number of ether oxygens (including phenoxy) is 2. The Hall–Kier alpha value is -0.910. The molecule has 0 aliphatic carbocycles. The van der Waals surface area contributed by atoms with Crippen LogP contribution in [0.5, 0.6) is 0 Å². The lowest BCUT2D eigenvalue weighted by atomic mass is 10.0. The van der Waals surface area contributed by atoms with Crippen molar-refractivity contribution in [3.05, 3.63) is 29.8 Å². The molecule has 112 valence electrons. The molecule has 5 heteroatoms. The number of hydrogen-bond donors (Lipinski definition) is 0. The SMILES string of the molecule is CCCC1(c2ccc(S(=O)(=O)CCC)cc2)OCCO1. The normalized spacial score (nSPS) is 18.3. The lowest BCUT2D eigenvalue weighted by Crippen LogP contribution is -2.26. The predicted molar refractivity (Wildman–Crippen MR) is 77.3 cm³/mol. The van der Waals surface area contributed by atoms with Gasteiger partial charge in [0.15, 0.2) is 15.6 Å². The summed E-state index contributed by atoms with van der Waals surface area (Å²) in [6.45, 7) is 5.10. The van der Waals surface area contributed by atoms with Crippen LogP contribution >= 0.6 is 0 Å². The molecule has 1 aromatic rings. The van der Waals surface area contributed by atoms with Crippen LogP contribution in [0.1, 0.15) is 38.7 Å². The molecule has 0 atom stereocenters. The molecule has 1 aliphatic rings. The number of benzene rings is 1. The lowest BCUT2D eigenvalue weighted by Gasteiger charge is -2.27. The minimum absolute atomic E-state index is 0.180. The van der Waals surface area contributed by atoms with Gasteiger partial charge in [0.25, 0.3) is 0 Å². The van der Waals surface area contributed by atoms with Gasteiger partial charge in [0.1, 0.15) is 0 Å². The summed E-state index contributed by atoms with van der Waals surface area (Å²) in [6.07, 6.45) is 2.33. The average molecular weight is 298 g/mol.